The maximum atomic E-state index is 11.4. The first kappa shape index (κ1) is 9.73. The fourth-order valence-corrected chi connectivity index (χ4v) is 0.998. The molecule has 0 spiro atoms. The van der Waals surface area contributed by atoms with Gasteiger partial charge in [0.2, 0.25) is 0 Å². The van der Waals surface area contributed by atoms with Crippen LogP contribution in [0.3, 0.4) is 0 Å². The standard InChI is InChI=1S/C8H12N2O3/c1-6(11)5-10(2)8(12)7-3-4-13-9-7/h3-4,6,11H,5H2,1-2H3. The monoisotopic (exact) mass is 184 g/mol. The lowest BCUT2D eigenvalue weighted by Crippen LogP contribution is -2.33. The molecule has 0 aliphatic heterocycles. The molecule has 0 fully saturated rings. The first-order valence-corrected chi connectivity index (χ1v) is 3.95. The minimum absolute atomic E-state index is 0.253. The number of amides is 1. The normalized spacial score (nSPS) is 12.5. The molecular weight excluding hydrogens is 172 g/mol. The maximum Gasteiger partial charge on any atom is 0.275 e. The Morgan fingerprint density at radius 2 is 2.54 bits per heavy atom. The van der Waals surface area contributed by atoms with Crippen molar-refractivity contribution in [2.75, 3.05) is 13.6 Å². The molecule has 0 saturated heterocycles. The van der Waals surface area contributed by atoms with E-state index >= 15 is 0 Å². The van der Waals surface area contributed by atoms with Gasteiger partial charge in [0.25, 0.3) is 5.91 Å². The molecule has 72 valence electrons. The summed E-state index contributed by atoms with van der Waals surface area (Å²) in [7, 11) is 1.60. The van der Waals surface area contributed by atoms with Gasteiger partial charge in [-0.3, -0.25) is 4.79 Å². The lowest BCUT2D eigenvalue weighted by molar-refractivity contribution is 0.0694. The minimum Gasteiger partial charge on any atom is -0.392 e. The van der Waals surface area contributed by atoms with Crippen molar-refractivity contribution in [3.63, 3.8) is 0 Å². The van der Waals surface area contributed by atoms with E-state index in [1.54, 1.807) is 14.0 Å². The van der Waals surface area contributed by atoms with E-state index in [9.17, 15) is 4.79 Å². The second-order valence-electron chi connectivity index (χ2n) is 2.92. The third-order valence-corrected chi connectivity index (χ3v) is 1.54. The summed E-state index contributed by atoms with van der Waals surface area (Å²) < 4.78 is 4.53. The summed E-state index contributed by atoms with van der Waals surface area (Å²) in [6, 6.07) is 1.49. The average Bonchev–Trinajstić information content (AvgIpc) is 2.53. The lowest BCUT2D eigenvalue weighted by atomic mass is 10.3. The van der Waals surface area contributed by atoms with Gasteiger partial charge in [-0.1, -0.05) is 5.16 Å². The van der Waals surface area contributed by atoms with Gasteiger partial charge in [0.15, 0.2) is 5.69 Å². The van der Waals surface area contributed by atoms with Gasteiger partial charge >= 0.3 is 0 Å². The number of aliphatic hydroxyl groups is 1. The van der Waals surface area contributed by atoms with Gasteiger partial charge in [0.1, 0.15) is 6.26 Å². The summed E-state index contributed by atoms with van der Waals surface area (Å²) in [6.45, 7) is 1.90. The molecule has 1 N–H and O–H groups in total. The smallest absolute Gasteiger partial charge is 0.275 e. The fraction of sp³-hybridized carbons (Fsp3) is 0.500. The zero-order chi connectivity index (χ0) is 9.84. The Kier molecular flexibility index (Phi) is 3.02. The van der Waals surface area contributed by atoms with Gasteiger partial charge in [-0.15, -0.1) is 0 Å². The highest BCUT2D eigenvalue weighted by molar-refractivity contribution is 5.91. The van der Waals surface area contributed by atoms with E-state index in [4.69, 9.17) is 5.11 Å². The SMILES string of the molecule is CC(O)CN(C)C(=O)c1ccon1. The van der Waals surface area contributed by atoms with Crippen LogP contribution >= 0.6 is 0 Å². The van der Waals surface area contributed by atoms with Gasteiger partial charge in [0.05, 0.1) is 6.10 Å². The van der Waals surface area contributed by atoms with Gasteiger partial charge < -0.3 is 14.5 Å². The van der Waals surface area contributed by atoms with E-state index in [0.29, 0.717) is 0 Å². The van der Waals surface area contributed by atoms with E-state index in [1.807, 2.05) is 0 Å². The van der Waals surface area contributed by atoms with Crippen LogP contribution in [0.15, 0.2) is 16.9 Å². The first-order chi connectivity index (χ1) is 6.11. The van der Waals surface area contributed by atoms with Gasteiger partial charge in [0, 0.05) is 19.7 Å². The Labute approximate surface area is 75.9 Å². The van der Waals surface area contributed by atoms with E-state index in [-0.39, 0.29) is 18.1 Å². The van der Waals surface area contributed by atoms with Crippen LogP contribution in [0.4, 0.5) is 0 Å². The Hall–Kier alpha value is -1.36. The Morgan fingerprint density at radius 1 is 1.85 bits per heavy atom. The molecule has 1 aromatic heterocycles. The van der Waals surface area contributed by atoms with E-state index < -0.39 is 6.10 Å². The molecule has 0 aromatic carbocycles. The van der Waals surface area contributed by atoms with Crippen LogP contribution < -0.4 is 0 Å². The highest BCUT2D eigenvalue weighted by Gasteiger charge is 2.15. The number of carbonyl (C=O) groups is 1. The zero-order valence-corrected chi connectivity index (χ0v) is 7.60. The van der Waals surface area contributed by atoms with Crippen molar-refractivity contribution < 1.29 is 14.4 Å². The number of hydrogen-bond donors (Lipinski definition) is 1. The molecule has 1 amide bonds. The van der Waals surface area contributed by atoms with Crippen molar-refractivity contribution in [2.24, 2.45) is 0 Å². The Morgan fingerprint density at radius 3 is 3.00 bits per heavy atom. The fourth-order valence-electron chi connectivity index (χ4n) is 0.998. The van der Waals surface area contributed by atoms with E-state index in [2.05, 4.69) is 9.68 Å². The molecule has 0 radical (unpaired) electrons. The van der Waals surface area contributed by atoms with Crippen molar-refractivity contribution in [3.05, 3.63) is 18.0 Å². The number of rotatable bonds is 3. The summed E-state index contributed by atoms with van der Waals surface area (Å²) in [5.74, 6) is -0.255. The highest BCUT2D eigenvalue weighted by atomic mass is 16.5. The van der Waals surface area contributed by atoms with Crippen molar-refractivity contribution in [1.29, 1.82) is 0 Å². The van der Waals surface area contributed by atoms with Gasteiger partial charge in [-0.05, 0) is 6.92 Å². The van der Waals surface area contributed by atoms with Crippen molar-refractivity contribution >= 4 is 5.91 Å². The van der Waals surface area contributed by atoms with Crippen LogP contribution in [0.5, 0.6) is 0 Å². The summed E-state index contributed by atoms with van der Waals surface area (Å²) >= 11 is 0. The zero-order valence-electron chi connectivity index (χ0n) is 7.60. The summed E-state index contributed by atoms with van der Waals surface area (Å²) in [5.41, 5.74) is 0.253. The summed E-state index contributed by atoms with van der Waals surface area (Å²) in [6.07, 6.45) is 0.796. The maximum absolute atomic E-state index is 11.4. The molecule has 1 atom stereocenters. The van der Waals surface area contributed by atoms with Crippen LogP contribution in [-0.4, -0.2) is 40.8 Å². The molecule has 1 aromatic rings. The third-order valence-electron chi connectivity index (χ3n) is 1.54. The highest BCUT2D eigenvalue weighted by Crippen LogP contribution is 2.00. The molecule has 0 saturated carbocycles. The number of nitrogens with zero attached hydrogens (tertiary/aromatic N) is 2. The minimum atomic E-state index is -0.541. The van der Waals surface area contributed by atoms with Crippen LogP contribution in [0.25, 0.3) is 0 Å². The largest absolute Gasteiger partial charge is 0.392 e. The predicted molar refractivity (Wildman–Crippen MR) is 45.1 cm³/mol. The third kappa shape index (κ3) is 2.55. The quantitative estimate of drug-likeness (QED) is 0.725. The Balaban J connectivity index is 2.58. The molecule has 0 aliphatic rings. The van der Waals surface area contributed by atoms with Gasteiger partial charge in [-0.2, -0.15) is 0 Å². The number of carbonyl (C=O) groups excluding carboxylic acids is 1. The molecular formula is C8H12N2O3. The molecule has 1 rings (SSSR count). The average molecular weight is 184 g/mol. The predicted octanol–water partition coefficient (Wildman–Crippen LogP) is 0.127. The van der Waals surface area contributed by atoms with Crippen molar-refractivity contribution in [3.8, 4) is 0 Å². The number of hydrogen-bond acceptors (Lipinski definition) is 4. The molecule has 5 heteroatoms. The molecule has 13 heavy (non-hydrogen) atoms. The molecule has 1 heterocycles. The Bertz CT molecular complexity index is 269. The lowest BCUT2D eigenvalue weighted by Gasteiger charge is -2.16. The van der Waals surface area contributed by atoms with Crippen molar-refractivity contribution in [1.82, 2.24) is 10.1 Å². The van der Waals surface area contributed by atoms with E-state index in [0.717, 1.165) is 0 Å². The van der Waals surface area contributed by atoms with Gasteiger partial charge in [-0.25, -0.2) is 0 Å². The molecule has 5 nitrogen and oxygen atoms in total. The second-order valence-corrected chi connectivity index (χ2v) is 2.92. The first-order valence-electron chi connectivity index (χ1n) is 3.95. The van der Waals surface area contributed by atoms with E-state index in [1.165, 1.54) is 17.2 Å². The summed E-state index contributed by atoms with van der Waals surface area (Å²) in [4.78, 5) is 12.8. The molecule has 0 aliphatic carbocycles. The van der Waals surface area contributed by atoms with Crippen LogP contribution in [-0.2, 0) is 0 Å². The molecule has 1 unspecified atom stereocenters. The van der Waals surface area contributed by atoms with Crippen molar-refractivity contribution in [2.45, 2.75) is 13.0 Å². The molecule has 0 bridgehead atoms. The number of aromatic nitrogens is 1. The number of likely N-dealkylation sites (N-methyl/N-ethyl adjacent to an activating group) is 1. The van der Waals surface area contributed by atoms with Crippen LogP contribution in [0, 0.1) is 0 Å². The summed E-state index contributed by atoms with van der Waals surface area (Å²) in [5, 5.41) is 12.5. The van der Waals surface area contributed by atoms with Crippen LogP contribution in [0.2, 0.25) is 0 Å². The number of aliphatic hydroxyl groups excluding tert-OH is 1. The van der Waals surface area contributed by atoms with Crippen LogP contribution in [0.1, 0.15) is 17.4 Å². The second kappa shape index (κ2) is 4.04. The topological polar surface area (TPSA) is 66.6 Å².